The number of anilines is 2. The second-order valence-corrected chi connectivity index (χ2v) is 10.7. The first-order valence-electron chi connectivity index (χ1n) is 13.5. The van der Waals surface area contributed by atoms with Gasteiger partial charge in [0.15, 0.2) is 5.66 Å². The lowest BCUT2D eigenvalue weighted by Gasteiger charge is -2.34. The minimum atomic E-state index is -0.634. The summed E-state index contributed by atoms with van der Waals surface area (Å²) in [5.41, 5.74) is 9.27. The summed E-state index contributed by atoms with van der Waals surface area (Å²) in [6, 6.07) is 48.6. The number of benzene rings is 7. The number of hydrogen-bond acceptors (Lipinski definition) is 2. The van der Waals surface area contributed by atoms with E-state index >= 15 is 0 Å². The van der Waals surface area contributed by atoms with Gasteiger partial charge in [-0.2, -0.15) is 0 Å². The molecular weight excluding hydrogens is 472 g/mol. The van der Waals surface area contributed by atoms with Gasteiger partial charge in [-0.25, -0.2) is 0 Å². The van der Waals surface area contributed by atoms with Gasteiger partial charge in [-0.3, -0.25) is 0 Å². The number of fused-ring (bicyclic) bond motifs is 6. The molecule has 182 valence electrons. The van der Waals surface area contributed by atoms with Crippen LogP contribution < -0.4 is 10.6 Å². The smallest absolute Gasteiger partial charge is 0.162 e. The second-order valence-electron chi connectivity index (χ2n) is 10.7. The van der Waals surface area contributed by atoms with Gasteiger partial charge in [0.25, 0.3) is 0 Å². The van der Waals surface area contributed by atoms with Crippen LogP contribution in [0.1, 0.15) is 11.1 Å². The molecule has 9 rings (SSSR count). The van der Waals surface area contributed by atoms with Crippen LogP contribution in [0.15, 0.2) is 133 Å². The summed E-state index contributed by atoms with van der Waals surface area (Å²) in [6.07, 6.45) is 0. The maximum absolute atomic E-state index is 4.04. The van der Waals surface area contributed by atoms with Crippen molar-refractivity contribution < 1.29 is 0 Å². The Morgan fingerprint density at radius 2 is 0.821 bits per heavy atom. The maximum atomic E-state index is 4.04. The molecule has 0 amide bonds. The third-order valence-corrected chi connectivity index (χ3v) is 8.67. The van der Waals surface area contributed by atoms with Gasteiger partial charge >= 0.3 is 0 Å². The van der Waals surface area contributed by atoms with Crippen LogP contribution in [0, 0.1) is 0 Å². The zero-order valence-corrected chi connectivity index (χ0v) is 21.2. The van der Waals surface area contributed by atoms with E-state index in [0.29, 0.717) is 0 Å². The van der Waals surface area contributed by atoms with Crippen molar-refractivity contribution in [2.45, 2.75) is 5.66 Å². The van der Waals surface area contributed by atoms with Crippen LogP contribution in [-0.2, 0) is 5.66 Å². The van der Waals surface area contributed by atoms with Crippen molar-refractivity contribution in [3.05, 3.63) is 145 Å². The first kappa shape index (κ1) is 20.9. The van der Waals surface area contributed by atoms with E-state index in [4.69, 9.17) is 0 Å². The molecule has 2 heteroatoms. The molecule has 0 fully saturated rings. The molecule has 0 saturated carbocycles. The molecule has 7 aromatic carbocycles. The standard InChI is InChI=1S/C37H24N2/c1-3-15-26-23(9-1)11-7-19-32(26)37(33-20-8-12-24-10-2-4-16-27(24)33)38-34-21-30-28-17-5-13-25-14-6-18-29(36(25)28)31(30)22-35(34)39-37/h1-22,38-39H. The van der Waals surface area contributed by atoms with Crippen LogP contribution in [-0.4, -0.2) is 0 Å². The zero-order chi connectivity index (χ0) is 25.6. The third-order valence-electron chi connectivity index (χ3n) is 8.67. The molecule has 7 aromatic rings. The lowest BCUT2D eigenvalue weighted by molar-refractivity contribution is 0.718. The number of nitrogens with one attached hydrogen (secondary N) is 2. The van der Waals surface area contributed by atoms with Crippen LogP contribution in [0.25, 0.3) is 54.6 Å². The average molecular weight is 497 g/mol. The van der Waals surface area contributed by atoms with E-state index in [0.717, 1.165) is 11.4 Å². The largest absolute Gasteiger partial charge is 0.354 e. The SMILES string of the molecule is c1ccc2c(C3(c4cccc5ccccc45)Nc4cc5c(cc4N3)-c3cccc4cccc-5c34)cccc2c1. The Morgan fingerprint density at radius 1 is 0.385 bits per heavy atom. The molecule has 0 saturated heterocycles. The molecule has 1 heterocycles. The van der Waals surface area contributed by atoms with Crippen LogP contribution in [0.3, 0.4) is 0 Å². The quantitative estimate of drug-likeness (QED) is 0.249. The van der Waals surface area contributed by atoms with E-state index in [2.05, 4.69) is 144 Å². The molecule has 0 bridgehead atoms. The van der Waals surface area contributed by atoms with E-state index in [1.165, 1.54) is 65.7 Å². The van der Waals surface area contributed by atoms with E-state index in [1.54, 1.807) is 0 Å². The Bertz CT molecular complexity index is 1980. The predicted octanol–water partition coefficient (Wildman–Crippen LogP) is 9.53. The molecule has 1 aliphatic heterocycles. The van der Waals surface area contributed by atoms with Gasteiger partial charge in [-0.05, 0) is 66.7 Å². The van der Waals surface area contributed by atoms with Gasteiger partial charge in [-0.15, -0.1) is 0 Å². The molecule has 0 unspecified atom stereocenters. The second kappa shape index (κ2) is 7.49. The van der Waals surface area contributed by atoms with Crippen LogP contribution in [0.4, 0.5) is 11.4 Å². The molecule has 2 nitrogen and oxygen atoms in total. The highest BCUT2D eigenvalue weighted by Crippen LogP contribution is 2.54. The van der Waals surface area contributed by atoms with Gasteiger partial charge in [0.2, 0.25) is 0 Å². The Morgan fingerprint density at radius 3 is 1.36 bits per heavy atom. The summed E-state index contributed by atoms with van der Waals surface area (Å²) in [4.78, 5) is 0. The highest BCUT2D eigenvalue weighted by atomic mass is 15.3. The Labute approximate surface area is 226 Å². The first-order valence-corrected chi connectivity index (χ1v) is 13.5. The van der Waals surface area contributed by atoms with E-state index in [-0.39, 0.29) is 0 Å². The molecule has 2 N–H and O–H groups in total. The van der Waals surface area contributed by atoms with Crippen molar-refractivity contribution in [1.82, 2.24) is 0 Å². The summed E-state index contributed by atoms with van der Waals surface area (Å²) < 4.78 is 0. The van der Waals surface area contributed by atoms with Gasteiger partial charge < -0.3 is 10.6 Å². The monoisotopic (exact) mass is 496 g/mol. The van der Waals surface area contributed by atoms with E-state index < -0.39 is 5.66 Å². The highest BCUT2D eigenvalue weighted by molar-refractivity contribution is 6.16. The average Bonchev–Trinajstić information content (AvgIpc) is 3.53. The molecular formula is C37H24N2. The first-order chi connectivity index (χ1) is 19.3. The molecule has 0 radical (unpaired) electrons. The molecule has 2 aliphatic rings. The Balaban J connectivity index is 1.33. The lowest BCUT2D eigenvalue weighted by atomic mass is 9.85. The maximum Gasteiger partial charge on any atom is 0.162 e. The van der Waals surface area contributed by atoms with E-state index in [9.17, 15) is 0 Å². The van der Waals surface area contributed by atoms with Crippen LogP contribution in [0.5, 0.6) is 0 Å². The minimum Gasteiger partial charge on any atom is -0.354 e. The molecule has 0 spiro atoms. The number of rotatable bonds is 2. The molecule has 0 aromatic heterocycles. The van der Waals surface area contributed by atoms with Gasteiger partial charge in [0.05, 0.1) is 11.4 Å². The van der Waals surface area contributed by atoms with Crippen molar-refractivity contribution in [2.75, 3.05) is 10.6 Å². The summed E-state index contributed by atoms with van der Waals surface area (Å²) in [7, 11) is 0. The fourth-order valence-electron chi connectivity index (χ4n) is 7.00. The normalized spacial score (nSPS) is 14.3. The Hall–Kier alpha value is -5.08. The number of hydrogen-bond donors (Lipinski definition) is 2. The topological polar surface area (TPSA) is 24.1 Å². The van der Waals surface area contributed by atoms with Crippen molar-refractivity contribution in [2.24, 2.45) is 0 Å². The summed E-state index contributed by atoms with van der Waals surface area (Å²) in [6.45, 7) is 0. The van der Waals surface area contributed by atoms with Gasteiger partial charge in [-0.1, -0.05) is 121 Å². The fraction of sp³-hybridized carbons (Fsp3) is 0.0270. The predicted molar refractivity (Wildman–Crippen MR) is 164 cm³/mol. The van der Waals surface area contributed by atoms with Crippen molar-refractivity contribution in [3.63, 3.8) is 0 Å². The summed E-state index contributed by atoms with van der Waals surface area (Å²) >= 11 is 0. The van der Waals surface area contributed by atoms with Crippen molar-refractivity contribution in [1.29, 1.82) is 0 Å². The van der Waals surface area contributed by atoms with Crippen LogP contribution in [0.2, 0.25) is 0 Å². The Kier molecular flexibility index (Phi) is 4.02. The molecule has 1 aliphatic carbocycles. The molecule has 39 heavy (non-hydrogen) atoms. The van der Waals surface area contributed by atoms with Crippen molar-refractivity contribution in [3.8, 4) is 22.3 Å². The summed E-state index contributed by atoms with van der Waals surface area (Å²) in [5.74, 6) is 0. The highest BCUT2D eigenvalue weighted by Gasteiger charge is 2.42. The van der Waals surface area contributed by atoms with Crippen LogP contribution >= 0.6 is 0 Å². The fourth-order valence-corrected chi connectivity index (χ4v) is 7.00. The lowest BCUT2D eigenvalue weighted by Crippen LogP contribution is -2.40. The third kappa shape index (κ3) is 2.75. The molecule has 0 atom stereocenters. The van der Waals surface area contributed by atoms with E-state index in [1.807, 2.05) is 0 Å². The zero-order valence-electron chi connectivity index (χ0n) is 21.2. The van der Waals surface area contributed by atoms with Gasteiger partial charge in [0, 0.05) is 11.1 Å². The van der Waals surface area contributed by atoms with Gasteiger partial charge in [0.1, 0.15) is 0 Å². The minimum absolute atomic E-state index is 0.634. The van der Waals surface area contributed by atoms with Crippen molar-refractivity contribution >= 4 is 43.7 Å². The summed E-state index contributed by atoms with van der Waals surface area (Å²) in [5, 5.41) is 15.7.